The maximum atomic E-state index is 5.23. The number of methoxy groups -OCH3 is 1. The van der Waals surface area contributed by atoms with E-state index in [1.807, 2.05) is 37.6 Å². The summed E-state index contributed by atoms with van der Waals surface area (Å²) in [4.78, 5) is 4.38. The van der Waals surface area contributed by atoms with Gasteiger partial charge in [-0.15, -0.1) is 0 Å². The molecule has 0 spiro atoms. The minimum absolute atomic E-state index is 0.106. The lowest BCUT2D eigenvalue weighted by molar-refractivity contribution is 0.414. The van der Waals surface area contributed by atoms with Gasteiger partial charge in [0.15, 0.2) is 0 Å². The molecule has 3 aromatic rings. The topological polar surface area (TPSA) is 34.1 Å². The second-order valence-corrected chi connectivity index (χ2v) is 4.94. The molecule has 1 aromatic heterocycles. The lowest BCUT2D eigenvalue weighted by atomic mass is 9.96. The number of pyridine rings is 1. The Kier molecular flexibility index (Phi) is 3.84. The van der Waals surface area contributed by atoms with Crippen molar-refractivity contribution >= 4 is 10.8 Å². The van der Waals surface area contributed by atoms with Gasteiger partial charge in [-0.3, -0.25) is 4.98 Å². The molecule has 1 unspecified atom stereocenters. The highest BCUT2D eigenvalue weighted by Gasteiger charge is 2.15. The molecule has 1 atom stereocenters. The molecule has 3 rings (SSSR count). The first-order valence-corrected chi connectivity index (χ1v) is 6.97. The first kappa shape index (κ1) is 13.6. The van der Waals surface area contributed by atoms with E-state index in [0.29, 0.717) is 0 Å². The van der Waals surface area contributed by atoms with Crippen LogP contribution < -0.4 is 10.1 Å². The molecule has 3 heteroatoms. The summed E-state index contributed by atoms with van der Waals surface area (Å²) in [6.45, 7) is 0. The molecule has 2 aromatic carbocycles. The summed E-state index contributed by atoms with van der Waals surface area (Å²) in [5.41, 5.74) is 2.37. The summed E-state index contributed by atoms with van der Waals surface area (Å²) in [6, 6.07) is 16.6. The third kappa shape index (κ3) is 2.60. The van der Waals surface area contributed by atoms with Crippen molar-refractivity contribution in [2.24, 2.45) is 0 Å². The molecule has 0 aliphatic heterocycles. The first-order valence-electron chi connectivity index (χ1n) is 6.97. The number of hydrogen-bond donors (Lipinski definition) is 1. The van der Waals surface area contributed by atoms with Gasteiger partial charge in [0.25, 0.3) is 0 Å². The molecule has 21 heavy (non-hydrogen) atoms. The van der Waals surface area contributed by atoms with E-state index in [1.54, 1.807) is 7.11 Å². The predicted molar refractivity (Wildman–Crippen MR) is 85.6 cm³/mol. The Morgan fingerprint density at radius 2 is 1.76 bits per heavy atom. The smallest absolute Gasteiger partial charge is 0.118 e. The molecule has 0 bridgehead atoms. The van der Waals surface area contributed by atoms with Gasteiger partial charge >= 0.3 is 0 Å². The largest absolute Gasteiger partial charge is 0.497 e. The van der Waals surface area contributed by atoms with Crippen molar-refractivity contribution in [2.45, 2.75) is 6.04 Å². The maximum Gasteiger partial charge on any atom is 0.118 e. The molecular formula is C18H18N2O. The molecule has 0 amide bonds. The van der Waals surface area contributed by atoms with Gasteiger partial charge < -0.3 is 10.1 Å². The quantitative estimate of drug-likeness (QED) is 0.792. The Bertz CT molecular complexity index is 732. The first-order chi connectivity index (χ1) is 10.3. The number of fused-ring (bicyclic) bond motifs is 1. The van der Waals surface area contributed by atoms with Crippen LogP contribution in [-0.4, -0.2) is 19.1 Å². The molecule has 0 fully saturated rings. The Hall–Kier alpha value is -2.39. The summed E-state index contributed by atoms with van der Waals surface area (Å²) in [7, 11) is 3.65. The summed E-state index contributed by atoms with van der Waals surface area (Å²) < 4.78 is 5.23. The fourth-order valence-electron chi connectivity index (χ4n) is 2.67. The zero-order valence-electron chi connectivity index (χ0n) is 12.2. The number of nitrogens with zero attached hydrogens (tertiary/aromatic N) is 1. The van der Waals surface area contributed by atoms with Gasteiger partial charge in [-0.25, -0.2) is 0 Å². The summed E-state index contributed by atoms with van der Waals surface area (Å²) in [5.74, 6) is 0.865. The Balaban J connectivity index is 2.09. The van der Waals surface area contributed by atoms with E-state index in [9.17, 15) is 0 Å². The molecule has 0 aliphatic rings. The normalized spacial score (nSPS) is 12.3. The molecule has 0 radical (unpaired) electrons. The molecule has 0 saturated heterocycles. The standard InChI is InChI=1S/C18H18N2O/c1-19-18(13-7-9-15(21-2)10-8-13)17-12-20-11-14-5-3-4-6-16(14)17/h3-12,18-19H,1-2H3. The van der Waals surface area contributed by atoms with Crippen LogP contribution in [0.3, 0.4) is 0 Å². The van der Waals surface area contributed by atoms with Crippen LogP contribution in [0.1, 0.15) is 17.2 Å². The molecule has 106 valence electrons. The zero-order chi connectivity index (χ0) is 14.7. The van der Waals surface area contributed by atoms with E-state index in [-0.39, 0.29) is 6.04 Å². The van der Waals surface area contributed by atoms with Crippen LogP contribution >= 0.6 is 0 Å². The second-order valence-electron chi connectivity index (χ2n) is 4.94. The third-order valence-electron chi connectivity index (χ3n) is 3.75. The van der Waals surface area contributed by atoms with Gasteiger partial charge in [0.1, 0.15) is 5.75 Å². The third-order valence-corrected chi connectivity index (χ3v) is 3.75. The molecule has 0 saturated carbocycles. The minimum atomic E-state index is 0.106. The van der Waals surface area contributed by atoms with Crippen molar-refractivity contribution < 1.29 is 4.74 Å². The van der Waals surface area contributed by atoms with E-state index in [0.717, 1.165) is 11.1 Å². The van der Waals surface area contributed by atoms with Gasteiger partial charge in [-0.05, 0) is 35.7 Å². The summed E-state index contributed by atoms with van der Waals surface area (Å²) >= 11 is 0. The van der Waals surface area contributed by atoms with E-state index < -0.39 is 0 Å². The van der Waals surface area contributed by atoms with Crippen LogP contribution in [0.25, 0.3) is 10.8 Å². The Morgan fingerprint density at radius 3 is 2.48 bits per heavy atom. The highest BCUT2D eigenvalue weighted by atomic mass is 16.5. The van der Waals surface area contributed by atoms with Gasteiger partial charge in [0.2, 0.25) is 0 Å². The van der Waals surface area contributed by atoms with Crippen LogP contribution in [0.5, 0.6) is 5.75 Å². The molecular weight excluding hydrogens is 260 g/mol. The lowest BCUT2D eigenvalue weighted by Gasteiger charge is -2.19. The van der Waals surface area contributed by atoms with Crippen molar-refractivity contribution in [3.63, 3.8) is 0 Å². The number of nitrogens with one attached hydrogen (secondary N) is 1. The van der Waals surface area contributed by atoms with Crippen LogP contribution in [0.15, 0.2) is 60.9 Å². The molecule has 1 heterocycles. The molecule has 0 aliphatic carbocycles. The van der Waals surface area contributed by atoms with Gasteiger partial charge in [0.05, 0.1) is 13.2 Å². The highest BCUT2D eigenvalue weighted by molar-refractivity contribution is 5.85. The van der Waals surface area contributed by atoms with Crippen molar-refractivity contribution in [3.8, 4) is 5.75 Å². The van der Waals surface area contributed by atoms with Crippen LogP contribution in [0.2, 0.25) is 0 Å². The molecule has 1 N–H and O–H groups in total. The Labute approximate surface area is 124 Å². The van der Waals surface area contributed by atoms with Crippen LogP contribution in [-0.2, 0) is 0 Å². The SMILES string of the molecule is CNC(c1ccc(OC)cc1)c1cncc2ccccc12. The van der Waals surface area contributed by atoms with Crippen molar-refractivity contribution in [3.05, 3.63) is 72.1 Å². The van der Waals surface area contributed by atoms with Gasteiger partial charge in [-0.2, -0.15) is 0 Å². The number of ether oxygens (including phenoxy) is 1. The average Bonchev–Trinajstić information content (AvgIpc) is 2.56. The fourth-order valence-corrected chi connectivity index (χ4v) is 2.67. The fraction of sp³-hybridized carbons (Fsp3) is 0.167. The Morgan fingerprint density at radius 1 is 1.00 bits per heavy atom. The second kappa shape index (κ2) is 5.94. The minimum Gasteiger partial charge on any atom is -0.497 e. The number of benzene rings is 2. The van der Waals surface area contributed by atoms with E-state index >= 15 is 0 Å². The predicted octanol–water partition coefficient (Wildman–Crippen LogP) is 3.55. The average molecular weight is 278 g/mol. The maximum absolute atomic E-state index is 5.23. The van der Waals surface area contributed by atoms with Crippen molar-refractivity contribution in [1.82, 2.24) is 10.3 Å². The molecule has 3 nitrogen and oxygen atoms in total. The van der Waals surface area contributed by atoms with Crippen LogP contribution in [0.4, 0.5) is 0 Å². The van der Waals surface area contributed by atoms with Crippen molar-refractivity contribution in [1.29, 1.82) is 0 Å². The van der Waals surface area contributed by atoms with Gasteiger partial charge in [0, 0.05) is 17.8 Å². The van der Waals surface area contributed by atoms with Crippen molar-refractivity contribution in [2.75, 3.05) is 14.2 Å². The van der Waals surface area contributed by atoms with Crippen LogP contribution in [0, 0.1) is 0 Å². The zero-order valence-corrected chi connectivity index (χ0v) is 12.2. The van der Waals surface area contributed by atoms with E-state index in [4.69, 9.17) is 4.74 Å². The number of rotatable bonds is 4. The highest BCUT2D eigenvalue weighted by Crippen LogP contribution is 2.28. The lowest BCUT2D eigenvalue weighted by Crippen LogP contribution is -2.18. The summed E-state index contributed by atoms with van der Waals surface area (Å²) in [6.07, 6.45) is 3.84. The summed E-state index contributed by atoms with van der Waals surface area (Å²) in [5, 5.41) is 5.76. The number of hydrogen-bond acceptors (Lipinski definition) is 3. The van der Waals surface area contributed by atoms with Gasteiger partial charge in [-0.1, -0.05) is 36.4 Å². The monoisotopic (exact) mass is 278 g/mol. The van der Waals surface area contributed by atoms with E-state index in [2.05, 4.69) is 40.6 Å². The van der Waals surface area contributed by atoms with E-state index in [1.165, 1.54) is 16.5 Å². The number of aromatic nitrogens is 1.